The van der Waals surface area contributed by atoms with Crippen LogP contribution in [0.15, 0.2) is 53.5 Å². The fourth-order valence-corrected chi connectivity index (χ4v) is 2.76. The Kier molecular flexibility index (Phi) is 4.51. The van der Waals surface area contributed by atoms with Crippen LogP contribution in [0.2, 0.25) is 10.0 Å². The Balaban J connectivity index is 2.25. The zero-order valence-corrected chi connectivity index (χ0v) is 14.7. The number of benzene rings is 2. The zero-order chi connectivity index (χ0) is 18.0. The van der Waals surface area contributed by atoms with E-state index in [1.807, 2.05) is 30.3 Å². The van der Waals surface area contributed by atoms with Crippen LogP contribution in [0.25, 0.3) is 11.4 Å². The topological polar surface area (TPSA) is 72.0 Å². The molecule has 6 heteroatoms. The number of hydrogen-bond acceptors (Lipinski definition) is 4. The van der Waals surface area contributed by atoms with E-state index in [1.54, 1.807) is 31.2 Å². The van der Waals surface area contributed by atoms with Crippen molar-refractivity contribution in [3.05, 3.63) is 69.7 Å². The minimum atomic E-state index is -1.21. The van der Waals surface area contributed by atoms with Crippen molar-refractivity contribution in [3.63, 3.8) is 0 Å². The van der Waals surface area contributed by atoms with Crippen LogP contribution in [0.3, 0.4) is 0 Å². The van der Waals surface area contributed by atoms with Crippen LogP contribution in [-0.2, 0) is 0 Å². The summed E-state index contributed by atoms with van der Waals surface area (Å²) >= 11 is 11.9. The summed E-state index contributed by atoms with van der Waals surface area (Å²) < 4.78 is 0. The average molecular weight is 367 g/mol. The molecule has 25 heavy (non-hydrogen) atoms. The summed E-state index contributed by atoms with van der Waals surface area (Å²) in [6.45, 7) is 1.63. The Hall–Kier alpha value is -2.79. The Morgan fingerprint density at radius 3 is 1.92 bits per heavy atom. The average Bonchev–Trinajstić information content (AvgIpc) is 2.63. The van der Waals surface area contributed by atoms with E-state index in [4.69, 9.17) is 23.2 Å². The minimum absolute atomic E-state index is 0.109. The van der Waals surface area contributed by atoms with Crippen molar-refractivity contribution in [2.75, 3.05) is 0 Å². The molecule has 1 atom stereocenters. The Morgan fingerprint density at radius 1 is 0.920 bits per heavy atom. The summed E-state index contributed by atoms with van der Waals surface area (Å²) in [6.07, 6.45) is 0. The van der Waals surface area contributed by atoms with E-state index in [9.17, 15) is 10.5 Å². The molecule has 2 aromatic carbocycles. The molecular formula is C19H12Cl2N4. The summed E-state index contributed by atoms with van der Waals surface area (Å²) in [4.78, 5) is 4.48. The highest BCUT2D eigenvalue weighted by Crippen LogP contribution is 2.33. The second-order valence-electron chi connectivity index (χ2n) is 5.67. The molecule has 1 aliphatic rings. The number of rotatable bonds is 2. The van der Waals surface area contributed by atoms with E-state index in [1.165, 1.54) is 0 Å². The van der Waals surface area contributed by atoms with Gasteiger partial charge in [0, 0.05) is 15.6 Å². The number of nitrogens with one attached hydrogen (secondary N) is 1. The molecule has 0 spiro atoms. The fourth-order valence-electron chi connectivity index (χ4n) is 2.51. The van der Waals surface area contributed by atoms with Gasteiger partial charge in [-0.25, -0.2) is 4.99 Å². The summed E-state index contributed by atoms with van der Waals surface area (Å²) in [5.41, 5.74) is 1.73. The number of aliphatic imine (C=N–C) groups is 1. The smallest absolute Gasteiger partial charge is 0.175 e. The van der Waals surface area contributed by atoms with Crippen molar-refractivity contribution in [2.24, 2.45) is 4.99 Å². The van der Waals surface area contributed by atoms with Gasteiger partial charge in [0.25, 0.3) is 0 Å². The molecule has 1 heterocycles. The standard InChI is InChI=1S/C19H12Cl2N4/c1-19(11-23)16(10-22)24-17(12-2-6-14(20)7-3-12)18(25-19)13-4-8-15(21)9-5-13/h2-9,25H,1H3. The molecule has 4 nitrogen and oxygen atoms in total. The van der Waals surface area contributed by atoms with Gasteiger partial charge in [0.2, 0.25) is 0 Å². The predicted molar refractivity (Wildman–Crippen MR) is 99.9 cm³/mol. The SMILES string of the molecule is CC1(C#N)NC(c2ccc(Cl)cc2)=C(c2ccc(Cl)cc2)N=C1C#N. The molecule has 0 bridgehead atoms. The van der Waals surface area contributed by atoms with Crippen molar-refractivity contribution in [2.45, 2.75) is 12.5 Å². The summed E-state index contributed by atoms with van der Waals surface area (Å²) in [5.74, 6) is 0. The van der Waals surface area contributed by atoms with Crippen molar-refractivity contribution in [3.8, 4) is 12.1 Å². The molecule has 0 amide bonds. The molecule has 0 fully saturated rings. The molecule has 0 aliphatic carbocycles. The zero-order valence-electron chi connectivity index (χ0n) is 13.2. The van der Waals surface area contributed by atoms with Gasteiger partial charge in [0.05, 0.1) is 17.5 Å². The second kappa shape index (κ2) is 6.61. The maximum Gasteiger partial charge on any atom is 0.175 e. The lowest BCUT2D eigenvalue weighted by molar-refractivity contribution is 0.681. The molecule has 1 aliphatic heterocycles. The van der Waals surface area contributed by atoms with Crippen molar-refractivity contribution in [1.82, 2.24) is 5.32 Å². The number of hydrogen-bond donors (Lipinski definition) is 1. The minimum Gasteiger partial charge on any atom is -0.360 e. The van der Waals surface area contributed by atoms with Gasteiger partial charge in [-0.1, -0.05) is 47.5 Å². The van der Waals surface area contributed by atoms with Crippen molar-refractivity contribution in [1.29, 1.82) is 10.5 Å². The molecule has 122 valence electrons. The second-order valence-corrected chi connectivity index (χ2v) is 6.54. The van der Waals surface area contributed by atoms with Gasteiger partial charge >= 0.3 is 0 Å². The first kappa shape index (κ1) is 17.0. The van der Waals surface area contributed by atoms with Crippen LogP contribution in [0.1, 0.15) is 18.1 Å². The van der Waals surface area contributed by atoms with Crippen LogP contribution < -0.4 is 5.32 Å². The summed E-state index contributed by atoms with van der Waals surface area (Å²) in [5, 5.41) is 23.4. The highest BCUT2D eigenvalue weighted by atomic mass is 35.5. The lowest BCUT2D eigenvalue weighted by atomic mass is 9.92. The van der Waals surface area contributed by atoms with E-state index in [0.717, 1.165) is 11.1 Å². The first-order valence-corrected chi connectivity index (χ1v) is 8.17. The third-order valence-corrected chi connectivity index (χ3v) is 4.39. The van der Waals surface area contributed by atoms with Gasteiger partial charge in [-0.2, -0.15) is 10.5 Å². The molecule has 0 saturated heterocycles. The number of nitriles is 2. The van der Waals surface area contributed by atoms with Gasteiger partial charge < -0.3 is 5.32 Å². The Morgan fingerprint density at radius 2 is 1.44 bits per heavy atom. The lowest BCUT2D eigenvalue weighted by Crippen LogP contribution is -2.49. The molecule has 2 aromatic rings. The molecule has 0 radical (unpaired) electrons. The molecule has 0 saturated carbocycles. The largest absolute Gasteiger partial charge is 0.360 e. The first-order chi connectivity index (χ1) is 12.0. The van der Waals surface area contributed by atoms with E-state index in [-0.39, 0.29) is 5.71 Å². The fraction of sp³-hybridized carbons (Fsp3) is 0.105. The van der Waals surface area contributed by atoms with Crippen molar-refractivity contribution >= 4 is 40.3 Å². The normalized spacial score (nSPS) is 19.5. The quantitative estimate of drug-likeness (QED) is 0.839. The first-order valence-electron chi connectivity index (χ1n) is 7.42. The number of nitrogens with zero attached hydrogens (tertiary/aromatic N) is 3. The van der Waals surface area contributed by atoms with E-state index in [0.29, 0.717) is 21.4 Å². The third-order valence-electron chi connectivity index (χ3n) is 3.89. The molecule has 1 unspecified atom stereocenters. The lowest BCUT2D eigenvalue weighted by Gasteiger charge is -2.30. The maximum absolute atomic E-state index is 9.55. The van der Waals surface area contributed by atoms with E-state index in [2.05, 4.69) is 16.4 Å². The van der Waals surface area contributed by atoms with Gasteiger partial charge in [-0.3, -0.25) is 0 Å². The van der Waals surface area contributed by atoms with Crippen LogP contribution in [-0.4, -0.2) is 11.3 Å². The number of halogens is 2. The predicted octanol–water partition coefficient (Wildman–Crippen LogP) is 4.67. The highest BCUT2D eigenvalue weighted by Gasteiger charge is 2.36. The van der Waals surface area contributed by atoms with Crippen LogP contribution >= 0.6 is 23.2 Å². The molecule has 1 N–H and O–H groups in total. The van der Waals surface area contributed by atoms with E-state index >= 15 is 0 Å². The highest BCUT2D eigenvalue weighted by molar-refractivity contribution is 6.31. The van der Waals surface area contributed by atoms with Gasteiger partial charge in [0.1, 0.15) is 6.07 Å². The van der Waals surface area contributed by atoms with Gasteiger partial charge in [-0.05, 0) is 36.8 Å². The van der Waals surface area contributed by atoms with Crippen LogP contribution in [0, 0.1) is 22.7 Å². The summed E-state index contributed by atoms with van der Waals surface area (Å²) in [7, 11) is 0. The Bertz CT molecular complexity index is 960. The van der Waals surface area contributed by atoms with Crippen LogP contribution in [0.4, 0.5) is 0 Å². The van der Waals surface area contributed by atoms with Crippen molar-refractivity contribution < 1.29 is 0 Å². The maximum atomic E-state index is 9.55. The van der Waals surface area contributed by atoms with Gasteiger partial charge in [-0.15, -0.1) is 0 Å². The molecule has 0 aromatic heterocycles. The van der Waals surface area contributed by atoms with Crippen LogP contribution in [0.5, 0.6) is 0 Å². The third kappa shape index (κ3) is 3.23. The van der Waals surface area contributed by atoms with Gasteiger partial charge in [0.15, 0.2) is 11.3 Å². The van der Waals surface area contributed by atoms with E-state index < -0.39 is 5.54 Å². The Labute approximate surface area is 155 Å². The molecule has 3 rings (SSSR count). The monoisotopic (exact) mass is 366 g/mol. The molecular weight excluding hydrogens is 355 g/mol. The summed E-state index contributed by atoms with van der Waals surface area (Å²) in [6, 6.07) is 18.5.